The molecule has 2 heteroatoms. The molecule has 4 rings (SSSR count). The first-order chi connectivity index (χ1) is 11.9. The molecular weight excluding hydrogens is 306 g/mol. The average Bonchev–Trinajstić information content (AvgIpc) is 3.02. The molecule has 0 radical (unpaired) electrons. The quantitative estimate of drug-likeness (QED) is 0.752. The maximum absolute atomic E-state index is 10.6. The lowest BCUT2D eigenvalue weighted by Crippen LogP contribution is -2.58. The molecular formula is C23H41NO. The fraction of sp³-hybridized carbons (Fsp3) is 1.00. The van der Waals surface area contributed by atoms with Gasteiger partial charge in [0, 0.05) is 17.6 Å². The first-order valence-corrected chi connectivity index (χ1v) is 11.2. The Hall–Kier alpha value is -0.0800. The van der Waals surface area contributed by atoms with Crippen molar-refractivity contribution in [1.29, 1.82) is 0 Å². The first-order valence-electron chi connectivity index (χ1n) is 11.2. The predicted octanol–water partition coefficient (Wildman–Crippen LogP) is 5.01. The summed E-state index contributed by atoms with van der Waals surface area (Å²) in [4.78, 5) is 0. The number of aliphatic hydroxyl groups is 1. The van der Waals surface area contributed by atoms with Gasteiger partial charge in [-0.2, -0.15) is 0 Å². The van der Waals surface area contributed by atoms with Gasteiger partial charge in [-0.1, -0.05) is 19.8 Å². The summed E-state index contributed by atoms with van der Waals surface area (Å²) in [6.45, 7) is 7.80. The third-order valence-corrected chi connectivity index (χ3v) is 10.1. The fourth-order valence-electron chi connectivity index (χ4n) is 8.67. The Kier molecular flexibility index (Phi) is 4.56. The molecule has 0 aromatic heterocycles. The molecule has 4 aliphatic rings. The van der Waals surface area contributed by atoms with Crippen LogP contribution in [0.2, 0.25) is 0 Å². The molecule has 0 aliphatic heterocycles. The highest BCUT2D eigenvalue weighted by atomic mass is 16.3. The van der Waals surface area contributed by atoms with Crippen LogP contribution in [0, 0.1) is 40.4 Å². The van der Waals surface area contributed by atoms with Gasteiger partial charge in [0.05, 0.1) is 0 Å². The summed E-state index contributed by atoms with van der Waals surface area (Å²) in [6.07, 6.45) is 14.1. The summed E-state index contributed by atoms with van der Waals surface area (Å²) in [5.74, 6) is 4.21. The van der Waals surface area contributed by atoms with Gasteiger partial charge in [-0.25, -0.2) is 0 Å². The minimum atomic E-state index is 0.135. The van der Waals surface area contributed by atoms with E-state index in [2.05, 4.69) is 33.1 Å². The minimum Gasteiger partial charge on any atom is -0.396 e. The Bertz CT molecular complexity index is 502. The van der Waals surface area contributed by atoms with Crippen LogP contribution >= 0.6 is 0 Å². The summed E-state index contributed by atoms with van der Waals surface area (Å²) in [7, 11) is 2.11. The van der Waals surface area contributed by atoms with Crippen LogP contribution in [-0.2, 0) is 0 Å². The van der Waals surface area contributed by atoms with Crippen molar-refractivity contribution < 1.29 is 5.11 Å². The summed E-state index contributed by atoms with van der Waals surface area (Å²) >= 11 is 0. The SMILES string of the molecule is CNC(C)(C)[C@H]1CC[C@H]2[C@@H]3CC[C@H]4CCCC[C@]4(C)[C@H]3CC[C@]12CO. The molecule has 0 heterocycles. The second-order valence-corrected chi connectivity index (χ2v) is 10.9. The van der Waals surface area contributed by atoms with Crippen molar-refractivity contribution in [2.24, 2.45) is 40.4 Å². The molecule has 0 amide bonds. The Labute approximate surface area is 155 Å². The van der Waals surface area contributed by atoms with E-state index in [1.54, 1.807) is 0 Å². The maximum atomic E-state index is 10.6. The van der Waals surface area contributed by atoms with Crippen LogP contribution in [0.1, 0.15) is 85.0 Å². The van der Waals surface area contributed by atoms with E-state index in [9.17, 15) is 5.11 Å². The van der Waals surface area contributed by atoms with Gasteiger partial charge in [0.2, 0.25) is 0 Å². The summed E-state index contributed by atoms with van der Waals surface area (Å²) in [6, 6.07) is 0. The van der Waals surface area contributed by atoms with Crippen molar-refractivity contribution in [2.45, 2.75) is 90.5 Å². The lowest BCUT2D eigenvalue weighted by atomic mass is 9.44. The number of nitrogens with one attached hydrogen (secondary N) is 1. The van der Waals surface area contributed by atoms with Crippen molar-refractivity contribution in [3.8, 4) is 0 Å². The van der Waals surface area contributed by atoms with Crippen molar-refractivity contribution in [3.63, 3.8) is 0 Å². The standard InChI is InChI=1S/C23H41NO/c1-21(2,24-4)20-11-10-19-17-9-8-16-7-5-6-13-22(16,3)18(17)12-14-23(19,20)15-25/h16-20,24-25H,5-15H2,1-4H3/t16-,17-,18+,19+,20-,22+,23-/m1/s1. The number of fused-ring (bicyclic) bond motifs is 5. The van der Waals surface area contributed by atoms with Crippen molar-refractivity contribution >= 4 is 0 Å². The monoisotopic (exact) mass is 347 g/mol. The molecule has 25 heavy (non-hydrogen) atoms. The fourth-order valence-corrected chi connectivity index (χ4v) is 8.67. The molecule has 0 unspecified atom stereocenters. The van der Waals surface area contributed by atoms with Gasteiger partial charge in [-0.3, -0.25) is 0 Å². The molecule has 2 N–H and O–H groups in total. The van der Waals surface area contributed by atoms with Gasteiger partial charge < -0.3 is 10.4 Å². The number of aliphatic hydroxyl groups excluding tert-OH is 1. The largest absolute Gasteiger partial charge is 0.396 e. The lowest BCUT2D eigenvalue weighted by molar-refractivity contribution is -0.134. The van der Waals surface area contributed by atoms with Crippen LogP contribution in [-0.4, -0.2) is 24.3 Å². The smallest absolute Gasteiger partial charge is 0.0493 e. The van der Waals surface area contributed by atoms with Crippen LogP contribution in [0.4, 0.5) is 0 Å². The zero-order valence-electron chi connectivity index (χ0n) is 17.1. The Balaban J connectivity index is 1.65. The highest BCUT2D eigenvalue weighted by molar-refractivity contribution is 5.13. The van der Waals surface area contributed by atoms with Crippen LogP contribution < -0.4 is 5.32 Å². The Morgan fingerprint density at radius 1 is 0.960 bits per heavy atom. The summed E-state index contributed by atoms with van der Waals surface area (Å²) < 4.78 is 0. The van der Waals surface area contributed by atoms with Crippen LogP contribution in [0.3, 0.4) is 0 Å². The van der Waals surface area contributed by atoms with E-state index >= 15 is 0 Å². The van der Waals surface area contributed by atoms with Crippen LogP contribution in [0.15, 0.2) is 0 Å². The van der Waals surface area contributed by atoms with Crippen molar-refractivity contribution in [1.82, 2.24) is 5.32 Å². The number of rotatable bonds is 3. The molecule has 0 aromatic rings. The third-order valence-electron chi connectivity index (χ3n) is 10.1. The normalized spacial score (nSPS) is 50.0. The Morgan fingerprint density at radius 3 is 2.48 bits per heavy atom. The zero-order valence-corrected chi connectivity index (χ0v) is 17.1. The topological polar surface area (TPSA) is 32.3 Å². The van der Waals surface area contributed by atoms with E-state index in [0.717, 1.165) is 23.7 Å². The number of hydrogen-bond acceptors (Lipinski definition) is 2. The molecule has 7 atom stereocenters. The van der Waals surface area contributed by atoms with E-state index < -0.39 is 0 Å². The van der Waals surface area contributed by atoms with E-state index in [-0.39, 0.29) is 11.0 Å². The van der Waals surface area contributed by atoms with Crippen LogP contribution in [0.5, 0.6) is 0 Å². The van der Waals surface area contributed by atoms with Crippen molar-refractivity contribution in [3.05, 3.63) is 0 Å². The number of hydrogen-bond donors (Lipinski definition) is 2. The van der Waals surface area contributed by atoms with E-state index in [0.29, 0.717) is 17.9 Å². The molecule has 144 valence electrons. The zero-order chi connectivity index (χ0) is 17.9. The molecule has 0 aromatic carbocycles. The summed E-state index contributed by atoms with van der Waals surface area (Å²) in [5.41, 5.74) is 0.932. The molecule has 4 saturated carbocycles. The maximum Gasteiger partial charge on any atom is 0.0493 e. The van der Waals surface area contributed by atoms with E-state index in [4.69, 9.17) is 0 Å². The lowest BCUT2D eigenvalue weighted by Gasteiger charge is -2.61. The van der Waals surface area contributed by atoms with Crippen molar-refractivity contribution in [2.75, 3.05) is 13.7 Å². The molecule has 2 nitrogen and oxygen atoms in total. The minimum absolute atomic E-state index is 0.135. The van der Waals surface area contributed by atoms with Gasteiger partial charge in [-0.05, 0) is 107 Å². The molecule has 4 aliphatic carbocycles. The van der Waals surface area contributed by atoms with Gasteiger partial charge in [-0.15, -0.1) is 0 Å². The van der Waals surface area contributed by atoms with E-state index in [1.807, 2.05) is 0 Å². The third kappa shape index (κ3) is 2.49. The van der Waals surface area contributed by atoms with E-state index in [1.165, 1.54) is 64.2 Å². The van der Waals surface area contributed by atoms with Crippen LogP contribution in [0.25, 0.3) is 0 Å². The molecule has 0 spiro atoms. The Morgan fingerprint density at radius 2 is 1.76 bits per heavy atom. The molecule has 4 fully saturated rings. The highest BCUT2D eigenvalue weighted by Gasteiger charge is 2.63. The molecule has 0 saturated heterocycles. The average molecular weight is 348 g/mol. The first kappa shape index (κ1) is 18.3. The van der Waals surface area contributed by atoms with Gasteiger partial charge >= 0.3 is 0 Å². The second-order valence-electron chi connectivity index (χ2n) is 10.9. The predicted molar refractivity (Wildman–Crippen MR) is 104 cm³/mol. The van der Waals surface area contributed by atoms with Gasteiger partial charge in [0.25, 0.3) is 0 Å². The van der Waals surface area contributed by atoms with Gasteiger partial charge in [0.1, 0.15) is 0 Å². The van der Waals surface area contributed by atoms with Gasteiger partial charge in [0.15, 0.2) is 0 Å². The molecule has 0 bridgehead atoms. The second kappa shape index (κ2) is 6.23. The summed E-state index contributed by atoms with van der Waals surface area (Å²) in [5, 5.41) is 14.2. The highest BCUT2D eigenvalue weighted by Crippen LogP contribution is 2.68.